The van der Waals surface area contributed by atoms with Gasteiger partial charge in [-0.25, -0.2) is 4.79 Å². The molecule has 1 aromatic heterocycles. The number of hydrogen-bond acceptors (Lipinski definition) is 5. The Hall–Kier alpha value is -1.33. The van der Waals surface area contributed by atoms with Crippen molar-refractivity contribution in [3.05, 3.63) is 23.7 Å². The number of ether oxygens (including phenoxy) is 1. The number of aliphatic hydroxyl groups excluding tert-OH is 1. The van der Waals surface area contributed by atoms with Crippen molar-refractivity contribution in [2.75, 3.05) is 13.7 Å². The van der Waals surface area contributed by atoms with Gasteiger partial charge in [-0.1, -0.05) is 0 Å². The van der Waals surface area contributed by atoms with E-state index in [0.717, 1.165) is 0 Å². The van der Waals surface area contributed by atoms with Crippen LogP contribution in [-0.2, 0) is 4.74 Å². The Labute approximate surface area is 75.1 Å². The molecule has 0 spiro atoms. The molecule has 0 aromatic carbocycles. The fraction of sp³-hybridized carbons (Fsp3) is 0.375. The van der Waals surface area contributed by atoms with Crippen molar-refractivity contribution in [3.63, 3.8) is 0 Å². The molecule has 0 unspecified atom stereocenters. The summed E-state index contributed by atoms with van der Waals surface area (Å²) in [5.74, 6) is -0.110. The number of carbonyl (C=O) groups excluding carboxylic acids is 1. The Balaban J connectivity index is 2.80. The van der Waals surface area contributed by atoms with Crippen LogP contribution in [0.2, 0.25) is 0 Å². The van der Waals surface area contributed by atoms with Crippen molar-refractivity contribution in [3.8, 4) is 0 Å². The molecule has 5 heteroatoms. The second kappa shape index (κ2) is 4.06. The average molecular weight is 185 g/mol. The molecule has 0 aliphatic heterocycles. The number of aliphatic hydroxyl groups is 1. The summed E-state index contributed by atoms with van der Waals surface area (Å²) in [4.78, 5) is 10.9. The molecular weight excluding hydrogens is 174 g/mol. The van der Waals surface area contributed by atoms with Gasteiger partial charge in [0.15, 0.2) is 0 Å². The molecule has 0 saturated carbocycles. The first-order valence-corrected chi connectivity index (χ1v) is 3.73. The molecule has 0 radical (unpaired) electrons. The van der Waals surface area contributed by atoms with Gasteiger partial charge in [-0.3, -0.25) is 0 Å². The van der Waals surface area contributed by atoms with Gasteiger partial charge in [-0.2, -0.15) is 0 Å². The number of esters is 1. The largest absolute Gasteiger partial charge is 0.463 e. The highest BCUT2D eigenvalue weighted by atomic mass is 16.5. The summed E-state index contributed by atoms with van der Waals surface area (Å²) in [7, 11) is 1.26. The van der Waals surface area contributed by atoms with Crippen LogP contribution in [0.5, 0.6) is 0 Å². The van der Waals surface area contributed by atoms with Gasteiger partial charge in [-0.05, 0) is 12.1 Å². The molecule has 0 aliphatic carbocycles. The van der Waals surface area contributed by atoms with Gasteiger partial charge in [-0.15, -0.1) is 0 Å². The molecule has 72 valence electrons. The zero-order valence-corrected chi connectivity index (χ0v) is 7.19. The normalized spacial score (nSPS) is 12.5. The number of furan rings is 1. The highest BCUT2D eigenvalue weighted by molar-refractivity contribution is 5.86. The van der Waals surface area contributed by atoms with E-state index in [4.69, 9.17) is 15.3 Å². The molecule has 0 fully saturated rings. The predicted molar refractivity (Wildman–Crippen MR) is 44.1 cm³/mol. The first kappa shape index (κ1) is 9.76. The highest BCUT2D eigenvalue weighted by Gasteiger charge is 2.14. The standard InChI is InChI=1S/C8H11NO4/c1-12-8(11)7-3-2-6(13-7)5(9)4-10/h2-3,5,10H,4,9H2,1H3/t5-/m1/s1. The maximum atomic E-state index is 10.9. The number of carbonyl (C=O) groups is 1. The van der Waals surface area contributed by atoms with Gasteiger partial charge in [0.25, 0.3) is 0 Å². The van der Waals surface area contributed by atoms with E-state index in [1.54, 1.807) is 0 Å². The Kier molecular flexibility index (Phi) is 3.05. The maximum Gasteiger partial charge on any atom is 0.373 e. The molecule has 1 aromatic rings. The quantitative estimate of drug-likeness (QED) is 0.650. The second-order valence-electron chi connectivity index (χ2n) is 2.48. The predicted octanol–water partition coefficient (Wildman–Crippen LogP) is 0.0583. The highest BCUT2D eigenvalue weighted by Crippen LogP contribution is 2.14. The zero-order valence-electron chi connectivity index (χ0n) is 7.19. The molecular formula is C8H11NO4. The van der Waals surface area contributed by atoms with Crippen molar-refractivity contribution < 1.29 is 19.1 Å². The fourth-order valence-corrected chi connectivity index (χ4v) is 0.852. The van der Waals surface area contributed by atoms with Crippen LogP contribution < -0.4 is 5.73 Å². The van der Waals surface area contributed by atoms with Crippen LogP contribution in [-0.4, -0.2) is 24.8 Å². The molecule has 0 saturated heterocycles. The lowest BCUT2D eigenvalue weighted by molar-refractivity contribution is 0.0561. The van der Waals surface area contributed by atoms with Crippen molar-refractivity contribution in [2.45, 2.75) is 6.04 Å². The fourth-order valence-electron chi connectivity index (χ4n) is 0.852. The second-order valence-corrected chi connectivity index (χ2v) is 2.48. The van der Waals surface area contributed by atoms with Crippen LogP contribution in [0.1, 0.15) is 22.4 Å². The third kappa shape index (κ3) is 2.07. The van der Waals surface area contributed by atoms with Crippen LogP contribution in [0.25, 0.3) is 0 Å². The number of hydrogen-bond donors (Lipinski definition) is 2. The van der Waals surface area contributed by atoms with E-state index in [1.807, 2.05) is 0 Å². The van der Waals surface area contributed by atoms with Gasteiger partial charge >= 0.3 is 5.97 Å². The lowest BCUT2D eigenvalue weighted by Crippen LogP contribution is -2.13. The number of nitrogens with two attached hydrogens (primary N) is 1. The molecule has 3 N–H and O–H groups in total. The van der Waals surface area contributed by atoms with Gasteiger partial charge in [0.05, 0.1) is 19.8 Å². The van der Waals surface area contributed by atoms with Gasteiger partial charge in [0.2, 0.25) is 5.76 Å². The Morgan fingerprint density at radius 2 is 2.46 bits per heavy atom. The molecule has 1 heterocycles. The molecule has 0 bridgehead atoms. The molecule has 1 rings (SSSR count). The minimum absolute atomic E-state index is 0.0846. The van der Waals surface area contributed by atoms with Gasteiger partial charge in [0.1, 0.15) is 5.76 Å². The minimum Gasteiger partial charge on any atom is -0.463 e. The van der Waals surface area contributed by atoms with Crippen molar-refractivity contribution in [1.82, 2.24) is 0 Å². The zero-order chi connectivity index (χ0) is 9.84. The monoisotopic (exact) mass is 185 g/mol. The molecule has 5 nitrogen and oxygen atoms in total. The van der Waals surface area contributed by atoms with Crippen LogP contribution in [0.4, 0.5) is 0 Å². The summed E-state index contributed by atoms with van der Waals surface area (Å²) >= 11 is 0. The smallest absolute Gasteiger partial charge is 0.373 e. The molecule has 0 aliphatic rings. The Morgan fingerprint density at radius 1 is 1.77 bits per heavy atom. The topological polar surface area (TPSA) is 85.7 Å². The van der Waals surface area contributed by atoms with E-state index < -0.39 is 12.0 Å². The lowest BCUT2D eigenvalue weighted by Gasteiger charge is -2.02. The summed E-state index contributed by atoms with van der Waals surface area (Å²) in [6.45, 7) is -0.228. The Bertz CT molecular complexity index is 294. The maximum absolute atomic E-state index is 10.9. The molecule has 1 atom stereocenters. The first-order chi connectivity index (χ1) is 6.19. The van der Waals surface area contributed by atoms with E-state index in [0.29, 0.717) is 5.76 Å². The average Bonchev–Trinajstić information content (AvgIpc) is 2.64. The SMILES string of the molecule is COC(=O)c1ccc([C@H](N)CO)o1. The van der Waals surface area contributed by atoms with Crippen LogP contribution in [0.15, 0.2) is 16.5 Å². The van der Waals surface area contributed by atoms with Gasteiger partial charge in [0, 0.05) is 0 Å². The van der Waals surface area contributed by atoms with E-state index in [2.05, 4.69) is 4.74 Å². The summed E-state index contributed by atoms with van der Waals surface area (Å²) < 4.78 is 9.46. The molecule has 13 heavy (non-hydrogen) atoms. The summed E-state index contributed by atoms with van der Waals surface area (Å²) in [5, 5.41) is 8.69. The van der Waals surface area contributed by atoms with Crippen molar-refractivity contribution in [2.24, 2.45) is 5.73 Å². The summed E-state index contributed by atoms with van der Waals surface area (Å²) in [5.41, 5.74) is 5.45. The van der Waals surface area contributed by atoms with E-state index in [1.165, 1.54) is 19.2 Å². The van der Waals surface area contributed by atoms with Crippen molar-refractivity contribution in [1.29, 1.82) is 0 Å². The van der Waals surface area contributed by atoms with Crippen LogP contribution >= 0.6 is 0 Å². The minimum atomic E-state index is -0.599. The summed E-state index contributed by atoms with van der Waals surface area (Å²) in [6.07, 6.45) is 0. The van der Waals surface area contributed by atoms with E-state index in [9.17, 15) is 4.79 Å². The van der Waals surface area contributed by atoms with Gasteiger partial charge < -0.3 is 20.0 Å². The third-order valence-electron chi connectivity index (χ3n) is 1.58. The van der Waals surface area contributed by atoms with Crippen LogP contribution in [0.3, 0.4) is 0 Å². The van der Waals surface area contributed by atoms with Crippen molar-refractivity contribution >= 4 is 5.97 Å². The van der Waals surface area contributed by atoms with Crippen LogP contribution in [0, 0.1) is 0 Å². The van der Waals surface area contributed by atoms with E-state index in [-0.39, 0.29) is 12.4 Å². The number of methoxy groups -OCH3 is 1. The summed E-state index contributed by atoms with van der Waals surface area (Å²) in [6, 6.07) is 2.39. The third-order valence-corrected chi connectivity index (χ3v) is 1.58. The number of rotatable bonds is 3. The Morgan fingerprint density at radius 3 is 3.00 bits per heavy atom. The first-order valence-electron chi connectivity index (χ1n) is 3.73. The van der Waals surface area contributed by atoms with E-state index >= 15 is 0 Å². The lowest BCUT2D eigenvalue weighted by atomic mass is 10.2. The molecule has 0 amide bonds.